The molecule has 0 saturated carbocycles. The predicted octanol–water partition coefficient (Wildman–Crippen LogP) is 4.95. The maximum absolute atomic E-state index is 13.2. The van der Waals surface area contributed by atoms with E-state index in [1.165, 1.54) is 41.1 Å². The molecule has 168 valence electrons. The van der Waals surface area contributed by atoms with Crippen LogP contribution in [0.15, 0.2) is 83.9 Å². The topological polar surface area (TPSA) is 102 Å². The van der Waals surface area contributed by atoms with Gasteiger partial charge >= 0.3 is 0 Å². The number of nitrogens with zero attached hydrogens (tertiary/aromatic N) is 3. The van der Waals surface area contributed by atoms with E-state index in [1.54, 1.807) is 42.6 Å². The highest BCUT2D eigenvalue weighted by molar-refractivity contribution is 6.28. The van der Waals surface area contributed by atoms with E-state index in [2.05, 4.69) is 20.3 Å². The van der Waals surface area contributed by atoms with Gasteiger partial charge in [-0.3, -0.25) is 14.2 Å². The third-order valence-electron chi connectivity index (χ3n) is 4.98. The van der Waals surface area contributed by atoms with Gasteiger partial charge in [0.1, 0.15) is 22.8 Å². The van der Waals surface area contributed by atoms with E-state index in [1.807, 2.05) is 0 Å². The number of hydrogen-bond acceptors (Lipinski definition) is 5. The average Bonchev–Trinajstić information content (AvgIpc) is 3.30. The van der Waals surface area contributed by atoms with Gasteiger partial charge < -0.3 is 15.0 Å². The monoisotopic (exact) mass is 475 g/mol. The van der Waals surface area contributed by atoms with Crippen molar-refractivity contribution in [3.8, 4) is 17.3 Å². The van der Waals surface area contributed by atoms with E-state index < -0.39 is 17.3 Å². The fourth-order valence-corrected chi connectivity index (χ4v) is 3.51. The largest absolute Gasteiger partial charge is 0.438 e. The first kappa shape index (κ1) is 21.4. The molecule has 3 aromatic heterocycles. The van der Waals surface area contributed by atoms with Crippen molar-refractivity contribution < 1.29 is 13.9 Å². The number of nitrogens with one attached hydrogen (secondary N) is 2. The fourth-order valence-electron chi connectivity index (χ4n) is 3.35. The molecule has 0 saturated heterocycles. The molecule has 2 N–H and O–H groups in total. The molecular weight excluding hydrogens is 461 g/mol. The van der Waals surface area contributed by atoms with Crippen LogP contribution in [-0.4, -0.2) is 25.4 Å². The second kappa shape index (κ2) is 8.80. The Bertz CT molecular complexity index is 1560. The van der Waals surface area contributed by atoms with Crippen LogP contribution in [0.5, 0.6) is 11.6 Å². The molecule has 0 aliphatic rings. The minimum absolute atomic E-state index is 0.0444. The van der Waals surface area contributed by atoms with E-state index in [0.717, 1.165) is 0 Å². The highest BCUT2D eigenvalue weighted by atomic mass is 35.5. The molecule has 0 radical (unpaired) electrons. The number of ether oxygens (including phenoxy) is 1. The number of H-pyrrole nitrogens is 1. The summed E-state index contributed by atoms with van der Waals surface area (Å²) in [6, 6.07) is 16.7. The Morgan fingerprint density at radius 2 is 1.79 bits per heavy atom. The summed E-state index contributed by atoms with van der Waals surface area (Å²) in [6.07, 6.45) is 3.22. The number of pyridine rings is 1. The molecule has 0 aliphatic heterocycles. The Morgan fingerprint density at radius 1 is 1.03 bits per heavy atom. The van der Waals surface area contributed by atoms with Crippen molar-refractivity contribution in [1.82, 2.24) is 19.5 Å². The summed E-state index contributed by atoms with van der Waals surface area (Å²) in [7, 11) is 0. The zero-order valence-corrected chi connectivity index (χ0v) is 18.1. The van der Waals surface area contributed by atoms with E-state index in [-0.39, 0.29) is 10.8 Å². The third kappa shape index (κ3) is 4.24. The lowest BCUT2D eigenvalue weighted by molar-refractivity contribution is 0.102. The zero-order chi connectivity index (χ0) is 23.7. The van der Waals surface area contributed by atoms with Gasteiger partial charge in [0.05, 0.1) is 5.39 Å². The minimum Gasteiger partial charge on any atom is -0.438 e. The smallest absolute Gasteiger partial charge is 0.267 e. The van der Waals surface area contributed by atoms with Crippen molar-refractivity contribution in [1.29, 1.82) is 0 Å². The number of anilines is 1. The standard InChI is InChI=1S/C24H15ClFN5O3/c25-24-29-20-18(11-12-27-20)22(30-24)34-17-9-5-15(6-10-17)28-21(32)19-2-1-13-31(23(19)33)16-7-3-14(26)4-8-16/h1-13H,(H,28,32)(H,27,29,30). The number of halogens is 2. The number of aromatic amines is 1. The summed E-state index contributed by atoms with van der Waals surface area (Å²) in [5.74, 6) is -0.238. The van der Waals surface area contributed by atoms with Gasteiger partial charge in [0.15, 0.2) is 0 Å². The molecule has 10 heteroatoms. The van der Waals surface area contributed by atoms with Gasteiger partial charge in [-0.25, -0.2) is 4.39 Å². The van der Waals surface area contributed by atoms with E-state index >= 15 is 0 Å². The molecule has 0 aliphatic carbocycles. The third-order valence-corrected chi connectivity index (χ3v) is 5.15. The molecule has 0 spiro atoms. The maximum atomic E-state index is 13.2. The first-order valence-electron chi connectivity index (χ1n) is 10.1. The van der Waals surface area contributed by atoms with Crippen molar-refractivity contribution in [3.05, 3.63) is 106 Å². The summed E-state index contributed by atoms with van der Waals surface area (Å²) in [5.41, 5.74) is 0.874. The molecule has 0 atom stereocenters. The summed E-state index contributed by atoms with van der Waals surface area (Å²) >= 11 is 5.94. The SMILES string of the molecule is O=C(Nc1ccc(Oc2nc(Cl)nc3[nH]ccc23)cc1)c1cccn(-c2ccc(F)cc2)c1=O. The summed E-state index contributed by atoms with van der Waals surface area (Å²) in [4.78, 5) is 36.7. The Labute approximate surface area is 196 Å². The van der Waals surface area contributed by atoms with Crippen LogP contribution in [0.1, 0.15) is 10.4 Å². The normalized spacial score (nSPS) is 10.9. The van der Waals surface area contributed by atoms with Gasteiger partial charge in [-0.1, -0.05) is 0 Å². The van der Waals surface area contributed by atoms with E-state index in [0.29, 0.717) is 34.0 Å². The quantitative estimate of drug-likeness (QED) is 0.350. The van der Waals surface area contributed by atoms with Gasteiger partial charge in [-0.15, -0.1) is 0 Å². The maximum Gasteiger partial charge on any atom is 0.267 e. The number of carbonyl (C=O) groups excluding carboxylic acids is 1. The van der Waals surface area contributed by atoms with Crippen molar-refractivity contribution in [2.75, 3.05) is 5.32 Å². The molecule has 5 rings (SSSR count). The number of rotatable bonds is 5. The molecule has 1 amide bonds. The van der Waals surface area contributed by atoms with Gasteiger partial charge in [-0.2, -0.15) is 9.97 Å². The Morgan fingerprint density at radius 3 is 2.56 bits per heavy atom. The van der Waals surface area contributed by atoms with Crippen LogP contribution in [0, 0.1) is 5.82 Å². The lowest BCUT2D eigenvalue weighted by atomic mass is 10.2. The molecular formula is C24H15ClFN5O3. The summed E-state index contributed by atoms with van der Waals surface area (Å²) in [6.45, 7) is 0. The van der Waals surface area contributed by atoms with Gasteiger partial charge in [0.25, 0.3) is 11.5 Å². The Balaban J connectivity index is 1.34. The first-order valence-corrected chi connectivity index (χ1v) is 10.4. The van der Waals surface area contributed by atoms with Crippen LogP contribution in [-0.2, 0) is 0 Å². The second-order valence-corrected chi connectivity index (χ2v) is 7.53. The number of aromatic nitrogens is 4. The molecule has 5 aromatic rings. The second-order valence-electron chi connectivity index (χ2n) is 7.19. The number of amides is 1. The van der Waals surface area contributed by atoms with Crippen molar-refractivity contribution >= 4 is 34.2 Å². The van der Waals surface area contributed by atoms with Crippen LogP contribution in [0.25, 0.3) is 16.7 Å². The number of hydrogen-bond donors (Lipinski definition) is 2. The predicted molar refractivity (Wildman–Crippen MR) is 125 cm³/mol. The molecule has 0 unspecified atom stereocenters. The highest BCUT2D eigenvalue weighted by Gasteiger charge is 2.14. The van der Waals surface area contributed by atoms with Crippen molar-refractivity contribution in [3.63, 3.8) is 0 Å². The van der Waals surface area contributed by atoms with Crippen LogP contribution >= 0.6 is 11.6 Å². The Kier molecular flexibility index (Phi) is 5.52. The Hall–Kier alpha value is -4.50. The van der Waals surface area contributed by atoms with E-state index in [4.69, 9.17) is 16.3 Å². The molecule has 2 aromatic carbocycles. The van der Waals surface area contributed by atoms with Crippen molar-refractivity contribution in [2.45, 2.75) is 0 Å². The van der Waals surface area contributed by atoms with Crippen LogP contribution in [0.2, 0.25) is 5.28 Å². The zero-order valence-electron chi connectivity index (χ0n) is 17.3. The van der Waals surface area contributed by atoms with Crippen LogP contribution in [0.3, 0.4) is 0 Å². The van der Waals surface area contributed by atoms with Gasteiger partial charge in [0, 0.05) is 23.8 Å². The average molecular weight is 476 g/mol. The van der Waals surface area contributed by atoms with Crippen molar-refractivity contribution in [2.24, 2.45) is 0 Å². The van der Waals surface area contributed by atoms with Crippen LogP contribution in [0.4, 0.5) is 10.1 Å². The first-order chi connectivity index (χ1) is 16.5. The molecule has 34 heavy (non-hydrogen) atoms. The summed E-state index contributed by atoms with van der Waals surface area (Å²) in [5, 5.41) is 3.41. The number of carbonyl (C=O) groups is 1. The molecule has 0 bridgehead atoms. The minimum atomic E-state index is -0.577. The highest BCUT2D eigenvalue weighted by Crippen LogP contribution is 2.28. The summed E-state index contributed by atoms with van der Waals surface area (Å²) < 4.78 is 20.3. The van der Waals surface area contributed by atoms with Crippen LogP contribution < -0.4 is 15.6 Å². The molecule has 8 nitrogen and oxygen atoms in total. The molecule has 0 fully saturated rings. The lowest BCUT2D eigenvalue weighted by Gasteiger charge is -2.10. The van der Waals surface area contributed by atoms with Gasteiger partial charge in [-0.05, 0) is 78.3 Å². The molecule has 3 heterocycles. The van der Waals surface area contributed by atoms with Gasteiger partial charge in [0.2, 0.25) is 11.2 Å². The van der Waals surface area contributed by atoms with E-state index in [9.17, 15) is 14.0 Å². The lowest BCUT2D eigenvalue weighted by Crippen LogP contribution is -2.27. The fraction of sp³-hybridized carbons (Fsp3) is 0. The number of fused-ring (bicyclic) bond motifs is 1. The number of benzene rings is 2.